The van der Waals surface area contributed by atoms with Gasteiger partial charge < -0.3 is 14.5 Å². The van der Waals surface area contributed by atoms with E-state index in [2.05, 4.69) is 40.3 Å². The van der Waals surface area contributed by atoms with Crippen molar-refractivity contribution in [3.8, 4) is 5.75 Å². The molecule has 0 bridgehead atoms. The number of halogens is 1. The smallest absolute Gasteiger partial charge is 0.133 e. The number of methoxy groups -OCH3 is 1. The van der Waals surface area contributed by atoms with Crippen LogP contribution in [0.25, 0.3) is 0 Å². The lowest BCUT2D eigenvalue weighted by molar-refractivity contribution is 0.411. The van der Waals surface area contributed by atoms with Crippen molar-refractivity contribution in [3.63, 3.8) is 0 Å². The molecule has 0 saturated carbocycles. The topological polar surface area (TPSA) is 34.4 Å². The van der Waals surface area contributed by atoms with Crippen LogP contribution in [0.2, 0.25) is 0 Å². The van der Waals surface area contributed by atoms with Gasteiger partial charge >= 0.3 is 0 Å². The Morgan fingerprint density at radius 1 is 1.33 bits per heavy atom. The van der Waals surface area contributed by atoms with Gasteiger partial charge in [0, 0.05) is 5.56 Å². The van der Waals surface area contributed by atoms with E-state index in [1.165, 1.54) is 5.56 Å². The minimum absolute atomic E-state index is 0.135. The maximum Gasteiger partial charge on any atom is 0.133 e. The van der Waals surface area contributed by atoms with Gasteiger partial charge in [-0.25, -0.2) is 0 Å². The van der Waals surface area contributed by atoms with E-state index in [1.807, 2.05) is 12.1 Å². The van der Waals surface area contributed by atoms with Crippen LogP contribution >= 0.6 is 15.9 Å². The third kappa shape index (κ3) is 2.76. The maximum absolute atomic E-state index is 5.24. The summed E-state index contributed by atoms with van der Waals surface area (Å²) in [6.45, 7) is 2.98. The molecule has 0 aliphatic carbocycles. The summed E-state index contributed by atoms with van der Waals surface area (Å²) in [5.41, 5.74) is 2.29. The van der Waals surface area contributed by atoms with Crippen molar-refractivity contribution in [3.05, 3.63) is 52.4 Å². The normalized spacial score (nSPS) is 12.4. The number of ether oxygens (including phenoxy) is 1. The van der Waals surface area contributed by atoms with Crippen LogP contribution in [0.4, 0.5) is 0 Å². The second kappa shape index (κ2) is 6.07. The lowest BCUT2D eigenvalue weighted by Gasteiger charge is -2.17. The quantitative estimate of drug-likeness (QED) is 0.913. The summed E-state index contributed by atoms with van der Waals surface area (Å²) >= 11 is 3.51. The van der Waals surface area contributed by atoms with E-state index in [1.54, 1.807) is 19.6 Å². The molecule has 96 valence electrons. The molecule has 1 aromatic heterocycles. The fourth-order valence-electron chi connectivity index (χ4n) is 1.93. The van der Waals surface area contributed by atoms with Gasteiger partial charge in [-0.1, -0.05) is 13.0 Å². The Morgan fingerprint density at radius 3 is 2.72 bits per heavy atom. The van der Waals surface area contributed by atoms with E-state index in [9.17, 15) is 0 Å². The van der Waals surface area contributed by atoms with Crippen LogP contribution < -0.4 is 10.1 Å². The summed E-state index contributed by atoms with van der Waals surface area (Å²) in [6.07, 6.45) is 3.46. The summed E-state index contributed by atoms with van der Waals surface area (Å²) in [5.74, 6) is 0.834. The highest BCUT2D eigenvalue weighted by Gasteiger charge is 2.15. The molecule has 1 atom stereocenters. The Hall–Kier alpha value is -1.26. The predicted octanol–water partition coefficient (Wildman–Crippen LogP) is 3.75. The number of benzene rings is 1. The molecule has 1 unspecified atom stereocenters. The number of nitrogens with one attached hydrogen (secondary N) is 1. The van der Waals surface area contributed by atoms with E-state index in [0.29, 0.717) is 0 Å². The van der Waals surface area contributed by atoms with Gasteiger partial charge in [0.25, 0.3) is 0 Å². The van der Waals surface area contributed by atoms with Crippen molar-refractivity contribution in [1.29, 1.82) is 0 Å². The van der Waals surface area contributed by atoms with E-state index >= 15 is 0 Å². The molecule has 0 radical (unpaired) electrons. The second-order valence-corrected chi connectivity index (χ2v) is 4.80. The van der Waals surface area contributed by atoms with Crippen molar-refractivity contribution < 1.29 is 9.15 Å². The standard InChI is InChI=1S/C14H16BrNO2/c1-3-16-14(11-6-7-18-9-11)10-4-5-13(17-2)12(15)8-10/h4-9,14,16H,3H2,1-2H3. The van der Waals surface area contributed by atoms with Crippen molar-refractivity contribution in [2.45, 2.75) is 13.0 Å². The molecule has 0 saturated heterocycles. The fraction of sp³-hybridized carbons (Fsp3) is 0.286. The molecular formula is C14H16BrNO2. The van der Waals surface area contributed by atoms with Crippen molar-refractivity contribution >= 4 is 15.9 Å². The molecule has 2 aromatic rings. The van der Waals surface area contributed by atoms with Gasteiger partial charge in [-0.2, -0.15) is 0 Å². The fourth-order valence-corrected chi connectivity index (χ4v) is 2.49. The molecule has 1 N–H and O–H groups in total. The van der Waals surface area contributed by atoms with E-state index in [-0.39, 0.29) is 6.04 Å². The summed E-state index contributed by atoms with van der Waals surface area (Å²) in [5, 5.41) is 3.44. The van der Waals surface area contributed by atoms with Gasteiger partial charge in [-0.15, -0.1) is 0 Å². The van der Waals surface area contributed by atoms with Crippen LogP contribution in [0.1, 0.15) is 24.1 Å². The Balaban J connectivity index is 2.34. The molecule has 3 nitrogen and oxygen atoms in total. The van der Waals surface area contributed by atoms with Gasteiger partial charge in [-0.05, 0) is 46.2 Å². The van der Waals surface area contributed by atoms with Crippen LogP contribution in [0.5, 0.6) is 5.75 Å². The lowest BCUT2D eigenvalue weighted by Crippen LogP contribution is -2.21. The Labute approximate surface area is 115 Å². The van der Waals surface area contributed by atoms with Gasteiger partial charge in [-0.3, -0.25) is 0 Å². The first kappa shape index (κ1) is 13.2. The minimum Gasteiger partial charge on any atom is -0.496 e. The molecule has 4 heteroatoms. The van der Waals surface area contributed by atoms with E-state index < -0.39 is 0 Å². The van der Waals surface area contributed by atoms with Gasteiger partial charge in [0.2, 0.25) is 0 Å². The highest BCUT2D eigenvalue weighted by molar-refractivity contribution is 9.10. The van der Waals surface area contributed by atoms with E-state index in [0.717, 1.165) is 22.3 Å². The summed E-state index contributed by atoms with van der Waals surface area (Å²) in [4.78, 5) is 0. The molecule has 1 heterocycles. The zero-order valence-electron chi connectivity index (χ0n) is 10.4. The summed E-state index contributed by atoms with van der Waals surface area (Å²) < 4.78 is 11.4. The molecule has 0 aliphatic heterocycles. The number of rotatable bonds is 5. The predicted molar refractivity (Wildman–Crippen MR) is 74.9 cm³/mol. The molecular weight excluding hydrogens is 294 g/mol. The lowest BCUT2D eigenvalue weighted by atomic mass is 10.0. The van der Waals surface area contributed by atoms with Crippen LogP contribution in [-0.4, -0.2) is 13.7 Å². The van der Waals surface area contributed by atoms with Crippen LogP contribution in [0.3, 0.4) is 0 Å². The van der Waals surface area contributed by atoms with Gasteiger partial charge in [0.15, 0.2) is 0 Å². The first-order valence-electron chi connectivity index (χ1n) is 5.85. The first-order valence-corrected chi connectivity index (χ1v) is 6.64. The largest absolute Gasteiger partial charge is 0.496 e. The van der Waals surface area contributed by atoms with Gasteiger partial charge in [0.05, 0.1) is 30.2 Å². The zero-order chi connectivity index (χ0) is 13.0. The Morgan fingerprint density at radius 2 is 2.17 bits per heavy atom. The third-order valence-electron chi connectivity index (χ3n) is 2.79. The third-order valence-corrected chi connectivity index (χ3v) is 3.41. The molecule has 1 aromatic carbocycles. The molecule has 18 heavy (non-hydrogen) atoms. The van der Waals surface area contributed by atoms with Crippen molar-refractivity contribution in [1.82, 2.24) is 5.32 Å². The van der Waals surface area contributed by atoms with E-state index in [4.69, 9.17) is 9.15 Å². The zero-order valence-corrected chi connectivity index (χ0v) is 12.0. The van der Waals surface area contributed by atoms with Crippen LogP contribution in [0.15, 0.2) is 45.7 Å². The number of hydrogen-bond donors (Lipinski definition) is 1. The molecule has 2 rings (SSSR count). The monoisotopic (exact) mass is 309 g/mol. The number of hydrogen-bond acceptors (Lipinski definition) is 3. The number of furan rings is 1. The van der Waals surface area contributed by atoms with Crippen LogP contribution in [-0.2, 0) is 0 Å². The maximum atomic E-state index is 5.24. The van der Waals surface area contributed by atoms with Crippen molar-refractivity contribution in [2.75, 3.05) is 13.7 Å². The highest BCUT2D eigenvalue weighted by atomic mass is 79.9. The first-order chi connectivity index (χ1) is 8.76. The Bertz CT molecular complexity index is 497. The second-order valence-electron chi connectivity index (χ2n) is 3.94. The molecule has 0 aliphatic rings. The summed E-state index contributed by atoms with van der Waals surface area (Å²) in [7, 11) is 1.66. The summed E-state index contributed by atoms with van der Waals surface area (Å²) in [6, 6.07) is 8.20. The van der Waals surface area contributed by atoms with Crippen molar-refractivity contribution in [2.24, 2.45) is 0 Å². The van der Waals surface area contributed by atoms with Crippen LogP contribution in [0, 0.1) is 0 Å². The highest BCUT2D eigenvalue weighted by Crippen LogP contribution is 2.30. The van der Waals surface area contributed by atoms with Gasteiger partial charge in [0.1, 0.15) is 5.75 Å². The Kier molecular flexibility index (Phi) is 4.44. The molecule has 0 amide bonds. The molecule has 0 fully saturated rings. The molecule has 0 spiro atoms. The minimum atomic E-state index is 0.135. The SMILES string of the molecule is CCNC(c1ccoc1)c1ccc(OC)c(Br)c1. The average Bonchev–Trinajstić information content (AvgIpc) is 2.89. The average molecular weight is 310 g/mol.